The van der Waals surface area contributed by atoms with E-state index in [2.05, 4.69) is 6.07 Å². The van der Waals surface area contributed by atoms with Crippen molar-refractivity contribution >= 4 is 5.97 Å². The number of carbonyl (C=O) groups is 1. The molecule has 1 aromatic heterocycles. The minimum absolute atomic E-state index is 0.0378. The Bertz CT molecular complexity index is 556. The molecule has 0 aromatic carbocycles. The van der Waals surface area contributed by atoms with Crippen molar-refractivity contribution in [2.75, 3.05) is 0 Å². The van der Waals surface area contributed by atoms with Crippen molar-refractivity contribution in [3.05, 3.63) is 34.2 Å². The van der Waals surface area contributed by atoms with Crippen LogP contribution in [0.3, 0.4) is 0 Å². The molecular formula is C13H14N2O3. The van der Waals surface area contributed by atoms with Crippen molar-refractivity contribution in [2.45, 2.75) is 31.7 Å². The quantitative estimate of drug-likeness (QED) is 0.862. The Morgan fingerprint density at radius 3 is 2.94 bits per heavy atom. The van der Waals surface area contributed by atoms with Crippen molar-refractivity contribution in [1.29, 1.82) is 5.26 Å². The fourth-order valence-corrected chi connectivity index (χ4v) is 2.49. The number of hydrogen-bond donors (Lipinski definition) is 1. The normalized spacial score (nSPS) is 23.3. The van der Waals surface area contributed by atoms with Gasteiger partial charge < -0.3 is 9.67 Å². The highest BCUT2D eigenvalue weighted by Gasteiger charge is 2.24. The molecule has 1 N–H and O–H groups in total. The van der Waals surface area contributed by atoms with Crippen LogP contribution in [0.2, 0.25) is 0 Å². The molecule has 0 saturated heterocycles. The van der Waals surface area contributed by atoms with Crippen LogP contribution in [0, 0.1) is 17.2 Å². The second-order valence-electron chi connectivity index (χ2n) is 4.59. The van der Waals surface area contributed by atoms with E-state index in [1.807, 2.05) is 0 Å². The van der Waals surface area contributed by atoms with Gasteiger partial charge in [0.05, 0.1) is 6.07 Å². The number of carboxylic acid groups (broad SMARTS) is 1. The molecule has 0 amide bonds. The van der Waals surface area contributed by atoms with Crippen LogP contribution >= 0.6 is 0 Å². The van der Waals surface area contributed by atoms with E-state index in [9.17, 15) is 9.59 Å². The second-order valence-corrected chi connectivity index (χ2v) is 4.59. The first kappa shape index (κ1) is 12.4. The largest absolute Gasteiger partial charge is 0.477 e. The number of nitrogens with zero attached hydrogens (tertiary/aromatic N) is 2. The van der Waals surface area contributed by atoms with E-state index < -0.39 is 11.5 Å². The Morgan fingerprint density at radius 2 is 2.28 bits per heavy atom. The summed E-state index contributed by atoms with van der Waals surface area (Å²) < 4.78 is 1.47. The molecule has 0 radical (unpaired) electrons. The van der Waals surface area contributed by atoms with Crippen molar-refractivity contribution in [3.63, 3.8) is 0 Å². The van der Waals surface area contributed by atoms with E-state index >= 15 is 0 Å². The molecule has 2 atom stereocenters. The molecular weight excluding hydrogens is 232 g/mol. The Labute approximate surface area is 104 Å². The van der Waals surface area contributed by atoms with Crippen molar-refractivity contribution in [3.8, 4) is 6.07 Å². The summed E-state index contributed by atoms with van der Waals surface area (Å²) in [5.41, 5.74) is -0.690. The summed E-state index contributed by atoms with van der Waals surface area (Å²) in [5.74, 6) is -1.24. The highest BCUT2D eigenvalue weighted by Crippen LogP contribution is 2.31. The molecule has 1 heterocycles. The van der Waals surface area contributed by atoms with Gasteiger partial charge in [-0.15, -0.1) is 0 Å². The van der Waals surface area contributed by atoms with Gasteiger partial charge >= 0.3 is 5.97 Å². The van der Waals surface area contributed by atoms with E-state index in [1.165, 1.54) is 10.6 Å². The van der Waals surface area contributed by atoms with Gasteiger partial charge in [0.25, 0.3) is 5.56 Å². The summed E-state index contributed by atoms with van der Waals surface area (Å²) in [5, 5.41) is 17.9. The lowest BCUT2D eigenvalue weighted by molar-refractivity contribution is 0.0693. The summed E-state index contributed by atoms with van der Waals surface area (Å²) in [6.45, 7) is 0. The van der Waals surface area contributed by atoms with Gasteiger partial charge in [0.1, 0.15) is 5.56 Å². The Hall–Kier alpha value is -2.09. The maximum absolute atomic E-state index is 12.0. The molecule has 1 fully saturated rings. The fourth-order valence-electron chi connectivity index (χ4n) is 2.49. The number of nitriles is 1. The number of pyridine rings is 1. The first-order valence-electron chi connectivity index (χ1n) is 5.97. The number of hydrogen-bond acceptors (Lipinski definition) is 3. The predicted molar refractivity (Wildman–Crippen MR) is 64.3 cm³/mol. The van der Waals surface area contributed by atoms with Crippen molar-refractivity contribution in [2.24, 2.45) is 5.92 Å². The molecule has 94 valence electrons. The fraction of sp³-hybridized carbons (Fsp3) is 0.462. The topological polar surface area (TPSA) is 83.1 Å². The minimum atomic E-state index is -1.21. The van der Waals surface area contributed by atoms with Crippen LogP contribution in [-0.4, -0.2) is 15.6 Å². The molecule has 1 aliphatic carbocycles. The molecule has 1 aromatic rings. The molecule has 5 heteroatoms. The number of carboxylic acids is 1. The Balaban J connectivity index is 2.34. The molecule has 1 aliphatic rings. The molecule has 18 heavy (non-hydrogen) atoms. The molecule has 1 saturated carbocycles. The van der Waals surface area contributed by atoms with E-state index in [4.69, 9.17) is 10.4 Å². The molecule has 0 bridgehead atoms. The summed E-state index contributed by atoms with van der Waals surface area (Å²) in [7, 11) is 0. The van der Waals surface area contributed by atoms with Crippen LogP contribution in [0.4, 0.5) is 0 Å². The lowest BCUT2D eigenvalue weighted by Crippen LogP contribution is -2.31. The van der Waals surface area contributed by atoms with E-state index in [1.54, 1.807) is 12.3 Å². The zero-order chi connectivity index (χ0) is 13.1. The molecule has 0 aliphatic heterocycles. The highest BCUT2D eigenvalue weighted by atomic mass is 16.4. The van der Waals surface area contributed by atoms with Crippen LogP contribution in [0.5, 0.6) is 0 Å². The highest BCUT2D eigenvalue weighted by molar-refractivity contribution is 5.86. The van der Waals surface area contributed by atoms with E-state index in [-0.39, 0.29) is 17.5 Å². The van der Waals surface area contributed by atoms with Gasteiger partial charge in [-0.1, -0.05) is 6.42 Å². The number of aromatic carboxylic acids is 1. The van der Waals surface area contributed by atoms with Gasteiger partial charge in [0.15, 0.2) is 0 Å². The van der Waals surface area contributed by atoms with Crippen LogP contribution < -0.4 is 5.56 Å². The SMILES string of the molecule is N#C[C@@H]1CCC[C@H](n2cccc(C(=O)O)c2=O)C1. The van der Waals surface area contributed by atoms with Gasteiger partial charge in [0, 0.05) is 18.2 Å². The molecule has 0 spiro atoms. The average molecular weight is 246 g/mol. The lowest BCUT2D eigenvalue weighted by atomic mass is 9.86. The molecule has 0 unspecified atom stereocenters. The van der Waals surface area contributed by atoms with Gasteiger partial charge in [0.2, 0.25) is 0 Å². The van der Waals surface area contributed by atoms with Gasteiger partial charge in [-0.2, -0.15) is 5.26 Å². The Kier molecular flexibility index (Phi) is 3.47. The van der Waals surface area contributed by atoms with Crippen molar-refractivity contribution in [1.82, 2.24) is 4.57 Å². The number of rotatable bonds is 2. The van der Waals surface area contributed by atoms with Crippen LogP contribution in [0.1, 0.15) is 42.1 Å². The maximum Gasteiger partial charge on any atom is 0.341 e. The maximum atomic E-state index is 12.0. The molecule has 2 rings (SSSR count). The van der Waals surface area contributed by atoms with Crippen LogP contribution in [0.25, 0.3) is 0 Å². The smallest absolute Gasteiger partial charge is 0.341 e. The van der Waals surface area contributed by atoms with E-state index in [0.29, 0.717) is 6.42 Å². The minimum Gasteiger partial charge on any atom is -0.477 e. The predicted octanol–water partition coefficient (Wildman–Crippen LogP) is 1.80. The van der Waals surface area contributed by atoms with Gasteiger partial charge in [-0.3, -0.25) is 4.79 Å². The standard InChI is InChI=1S/C13H14N2O3/c14-8-9-3-1-4-10(7-9)15-6-2-5-11(12(15)16)13(17)18/h2,5-6,9-10H,1,3-4,7H2,(H,17,18)/t9-,10+/m1/s1. The van der Waals surface area contributed by atoms with Crippen LogP contribution in [0.15, 0.2) is 23.1 Å². The average Bonchev–Trinajstić information content (AvgIpc) is 2.38. The third-order valence-electron chi connectivity index (χ3n) is 3.43. The summed E-state index contributed by atoms with van der Waals surface area (Å²) in [6.07, 6.45) is 4.81. The number of aromatic nitrogens is 1. The van der Waals surface area contributed by atoms with Gasteiger partial charge in [-0.05, 0) is 31.4 Å². The lowest BCUT2D eigenvalue weighted by Gasteiger charge is -2.27. The van der Waals surface area contributed by atoms with Gasteiger partial charge in [-0.25, -0.2) is 4.79 Å². The van der Waals surface area contributed by atoms with E-state index in [0.717, 1.165) is 19.3 Å². The third kappa shape index (κ3) is 2.28. The van der Waals surface area contributed by atoms with Crippen LogP contribution in [-0.2, 0) is 0 Å². The summed E-state index contributed by atoms with van der Waals surface area (Å²) in [4.78, 5) is 22.9. The Morgan fingerprint density at radius 1 is 1.50 bits per heavy atom. The summed E-state index contributed by atoms with van der Waals surface area (Å²) in [6, 6.07) is 5.05. The monoisotopic (exact) mass is 246 g/mol. The van der Waals surface area contributed by atoms with Crippen molar-refractivity contribution < 1.29 is 9.90 Å². The first-order valence-corrected chi connectivity index (χ1v) is 5.97. The zero-order valence-corrected chi connectivity index (χ0v) is 9.87. The second kappa shape index (κ2) is 5.05. The third-order valence-corrected chi connectivity index (χ3v) is 3.43. The molecule has 5 nitrogen and oxygen atoms in total. The zero-order valence-electron chi connectivity index (χ0n) is 9.87. The first-order chi connectivity index (χ1) is 8.63. The summed E-state index contributed by atoms with van der Waals surface area (Å²) >= 11 is 0.